The molecule has 1 N–H and O–H groups in total. The third-order valence-corrected chi connectivity index (χ3v) is 3.53. The van der Waals surface area contributed by atoms with Gasteiger partial charge < -0.3 is 15.0 Å². The lowest BCUT2D eigenvalue weighted by Gasteiger charge is -2.43. The lowest BCUT2D eigenvalue weighted by molar-refractivity contribution is -0.140. The normalized spacial score (nSPS) is 29.4. The SMILES string of the molecule is CC1(C)CNCCN1C(=O)CC1CCCO1. The second-order valence-electron chi connectivity index (χ2n) is 5.37. The lowest BCUT2D eigenvalue weighted by atomic mass is 9.99. The fourth-order valence-electron chi connectivity index (χ4n) is 2.56. The van der Waals surface area contributed by atoms with Crippen LogP contribution in [0.3, 0.4) is 0 Å². The number of amides is 1. The third-order valence-electron chi connectivity index (χ3n) is 3.53. The molecule has 0 aromatic carbocycles. The average Bonchev–Trinajstić information content (AvgIpc) is 2.69. The molecule has 0 bridgehead atoms. The Labute approximate surface area is 97.3 Å². The van der Waals surface area contributed by atoms with E-state index in [0.29, 0.717) is 6.42 Å². The molecule has 1 amide bonds. The summed E-state index contributed by atoms with van der Waals surface area (Å²) in [6.07, 6.45) is 2.86. The predicted octanol–water partition coefficient (Wildman–Crippen LogP) is 0.766. The molecule has 2 fully saturated rings. The van der Waals surface area contributed by atoms with Crippen molar-refractivity contribution in [3.05, 3.63) is 0 Å². The maximum absolute atomic E-state index is 12.2. The Kier molecular flexibility index (Phi) is 3.50. The van der Waals surface area contributed by atoms with Crippen molar-refractivity contribution in [2.24, 2.45) is 0 Å². The highest BCUT2D eigenvalue weighted by Crippen LogP contribution is 2.21. The first-order valence-corrected chi connectivity index (χ1v) is 6.22. The number of nitrogens with zero attached hydrogens (tertiary/aromatic N) is 1. The molecule has 0 aromatic rings. The minimum atomic E-state index is -0.0616. The van der Waals surface area contributed by atoms with Gasteiger partial charge in [-0.2, -0.15) is 0 Å². The van der Waals surface area contributed by atoms with Gasteiger partial charge in [-0.1, -0.05) is 0 Å². The summed E-state index contributed by atoms with van der Waals surface area (Å²) in [5.41, 5.74) is -0.0616. The molecule has 1 unspecified atom stereocenters. The second-order valence-corrected chi connectivity index (χ2v) is 5.37. The number of hydrogen-bond donors (Lipinski definition) is 1. The molecule has 0 aliphatic carbocycles. The van der Waals surface area contributed by atoms with Crippen LogP contribution in [0.1, 0.15) is 33.1 Å². The van der Waals surface area contributed by atoms with Crippen LogP contribution in [0.15, 0.2) is 0 Å². The van der Waals surface area contributed by atoms with Crippen molar-refractivity contribution < 1.29 is 9.53 Å². The molecule has 4 heteroatoms. The van der Waals surface area contributed by atoms with Gasteiger partial charge in [-0.25, -0.2) is 0 Å². The van der Waals surface area contributed by atoms with E-state index in [9.17, 15) is 4.79 Å². The smallest absolute Gasteiger partial charge is 0.225 e. The zero-order chi connectivity index (χ0) is 11.6. The van der Waals surface area contributed by atoms with Gasteiger partial charge in [0.25, 0.3) is 0 Å². The van der Waals surface area contributed by atoms with Gasteiger partial charge in [-0.05, 0) is 26.7 Å². The molecule has 2 aliphatic rings. The van der Waals surface area contributed by atoms with Crippen LogP contribution in [0.4, 0.5) is 0 Å². The van der Waals surface area contributed by atoms with E-state index < -0.39 is 0 Å². The minimum Gasteiger partial charge on any atom is -0.378 e. The number of hydrogen-bond acceptors (Lipinski definition) is 3. The van der Waals surface area contributed by atoms with Gasteiger partial charge in [0.2, 0.25) is 5.91 Å². The van der Waals surface area contributed by atoms with Crippen molar-refractivity contribution in [2.75, 3.05) is 26.2 Å². The molecule has 0 saturated carbocycles. The summed E-state index contributed by atoms with van der Waals surface area (Å²) in [5, 5.41) is 3.33. The van der Waals surface area contributed by atoms with E-state index >= 15 is 0 Å². The van der Waals surface area contributed by atoms with Gasteiger partial charge >= 0.3 is 0 Å². The van der Waals surface area contributed by atoms with E-state index in [4.69, 9.17) is 4.74 Å². The molecule has 0 aromatic heterocycles. The van der Waals surface area contributed by atoms with Gasteiger partial charge in [-0.15, -0.1) is 0 Å². The van der Waals surface area contributed by atoms with Gasteiger partial charge in [0, 0.05) is 31.8 Å². The number of rotatable bonds is 2. The van der Waals surface area contributed by atoms with Crippen LogP contribution < -0.4 is 5.32 Å². The maximum Gasteiger partial charge on any atom is 0.225 e. The second kappa shape index (κ2) is 4.72. The molecular weight excluding hydrogens is 204 g/mol. The fraction of sp³-hybridized carbons (Fsp3) is 0.917. The number of nitrogens with one attached hydrogen (secondary N) is 1. The summed E-state index contributed by atoms with van der Waals surface area (Å²) in [7, 11) is 0. The standard InChI is InChI=1S/C12H22N2O2/c1-12(2)9-13-5-6-14(12)11(15)8-10-4-3-7-16-10/h10,13H,3-9H2,1-2H3. The fourth-order valence-corrected chi connectivity index (χ4v) is 2.56. The molecule has 2 saturated heterocycles. The van der Waals surface area contributed by atoms with E-state index in [-0.39, 0.29) is 17.6 Å². The van der Waals surface area contributed by atoms with Crippen molar-refractivity contribution >= 4 is 5.91 Å². The minimum absolute atomic E-state index is 0.0616. The highest BCUT2D eigenvalue weighted by atomic mass is 16.5. The highest BCUT2D eigenvalue weighted by molar-refractivity contribution is 5.77. The number of ether oxygens (including phenoxy) is 1. The molecule has 4 nitrogen and oxygen atoms in total. The van der Waals surface area contributed by atoms with E-state index in [1.54, 1.807) is 0 Å². The molecule has 0 radical (unpaired) electrons. The van der Waals surface area contributed by atoms with Crippen LogP contribution >= 0.6 is 0 Å². The first-order chi connectivity index (χ1) is 7.59. The Morgan fingerprint density at radius 2 is 2.38 bits per heavy atom. The first-order valence-electron chi connectivity index (χ1n) is 6.22. The van der Waals surface area contributed by atoms with Crippen LogP contribution in [-0.2, 0) is 9.53 Å². The Bertz CT molecular complexity index is 260. The summed E-state index contributed by atoms with van der Waals surface area (Å²) in [6, 6.07) is 0. The summed E-state index contributed by atoms with van der Waals surface area (Å²) < 4.78 is 5.52. The summed E-state index contributed by atoms with van der Waals surface area (Å²) >= 11 is 0. The van der Waals surface area contributed by atoms with Crippen LogP contribution in [0, 0.1) is 0 Å². The van der Waals surface area contributed by atoms with Gasteiger partial charge in [0.05, 0.1) is 12.5 Å². The maximum atomic E-state index is 12.2. The summed E-state index contributed by atoms with van der Waals surface area (Å²) in [4.78, 5) is 14.2. The Morgan fingerprint density at radius 1 is 1.56 bits per heavy atom. The first kappa shape index (κ1) is 11.9. The molecular formula is C12H22N2O2. The third kappa shape index (κ3) is 2.55. The zero-order valence-electron chi connectivity index (χ0n) is 10.3. The number of carbonyl (C=O) groups excluding carboxylic acids is 1. The number of piperazine rings is 1. The summed E-state index contributed by atoms with van der Waals surface area (Å²) in [6.45, 7) is 7.66. The van der Waals surface area contributed by atoms with Crippen LogP contribution in [0.25, 0.3) is 0 Å². The van der Waals surface area contributed by atoms with E-state index in [0.717, 1.165) is 39.1 Å². The van der Waals surface area contributed by atoms with Crippen molar-refractivity contribution in [3.8, 4) is 0 Å². The van der Waals surface area contributed by atoms with E-state index in [1.165, 1.54) is 0 Å². The van der Waals surface area contributed by atoms with Gasteiger partial charge in [0.15, 0.2) is 0 Å². The molecule has 2 heterocycles. The average molecular weight is 226 g/mol. The topological polar surface area (TPSA) is 41.6 Å². The van der Waals surface area contributed by atoms with Crippen molar-refractivity contribution in [2.45, 2.75) is 44.8 Å². The van der Waals surface area contributed by atoms with Gasteiger partial charge in [0.1, 0.15) is 0 Å². The molecule has 0 spiro atoms. The van der Waals surface area contributed by atoms with E-state index in [2.05, 4.69) is 19.2 Å². The predicted molar refractivity (Wildman–Crippen MR) is 62.3 cm³/mol. The van der Waals surface area contributed by atoms with E-state index in [1.807, 2.05) is 4.90 Å². The van der Waals surface area contributed by atoms with Crippen molar-refractivity contribution in [3.63, 3.8) is 0 Å². The zero-order valence-corrected chi connectivity index (χ0v) is 10.3. The Morgan fingerprint density at radius 3 is 3.00 bits per heavy atom. The molecule has 92 valence electrons. The molecule has 16 heavy (non-hydrogen) atoms. The van der Waals surface area contributed by atoms with Crippen LogP contribution in [0.2, 0.25) is 0 Å². The van der Waals surface area contributed by atoms with Crippen LogP contribution in [-0.4, -0.2) is 48.7 Å². The lowest BCUT2D eigenvalue weighted by Crippen LogP contribution is -2.60. The number of carbonyl (C=O) groups is 1. The molecule has 1 atom stereocenters. The van der Waals surface area contributed by atoms with Gasteiger partial charge in [-0.3, -0.25) is 4.79 Å². The molecule has 2 rings (SSSR count). The van der Waals surface area contributed by atoms with Crippen molar-refractivity contribution in [1.82, 2.24) is 10.2 Å². The Balaban J connectivity index is 1.91. The summed E-state index contributed by atoms with van der Waals surface area (Å²) in [5.74, 6) is 0.249. The monoisotopic (exact) mass is 226 g/mol. The Hall–Kier alpha value is -0.610. The van der Waals surface area contributed by atoms with Crippen LogP contribution in [0.5, 0.6) is 0 Å². The molecule has 2 aliphatic heterocycles. The largest absolute Gasteiger partial charge is 0.378 e. The highest BCUT2D eigenvalue weighted by Gasteiger charge is 2.34. The van der Waals surface area contributed by atoms with Crippen molar-refractivity contribution in [1.29, 1.82) is 0 Å². The quantitative estimate of drug-likeness (QED) is 0.756.